The highest BCUT2D eigenvalue weighted by atomic mass is 16.5. The van der Waals surface area contributed by atoms with Gasteiger partial charge in [0.2, 0.25) is 5.89 Å². The van der Waals surface area contributed by atoms with Crippen LogP contribution in [0.25, 0.3) is 5.57 Å². The summed E-state index contributed by atoms with van der Waals surface area (Å²) in [5.74, 6) is 7.83. The predicted molar refractivity (Wildman–Crippen MR) is 110 cm³/mol. The van der Waals surface area contributed by atoms with Gasteiger partial charge in [-0.2, -0.15) is 4.98 Å². The molecule has 3 aromatic rings. The van der Waals surface area contributed by atoms with Crippen molar-refractivity contribution >= 4 is 17.1 Å². The molecule has 2 atom stereocenters. The van der Waals surface area contributed by atoms with Crippen molar-refractivity contribution in [1.82, 2.24) is 19.7 Å². The van der Waals surface area contributed by atoms with Crippen LogP contribution in [0.15, 0.2) is 58.4 Å². The molecule has 1 fully saturated rings. The third-order valence-electron chi connectivity index (χ3n) is 5.13. The largest absolute Gasteiger partial charge is 0.382 e. The Morgan fingerprint density at radius 2 is 2.07 bits per heavy atom. The Kier molecular flexibility index (Phi) is 5.13. The number of allylic oxidation sites excluding steroid dienone is 2. The third kappa shape index (κ3) is 4.19. The first kappa shape index (κ1) is 18.9. The molecule has 0 unspecified atom stereocenters. The van der Waals surface area contributed by atoms with Gasteiger partial charge in [-0.15, -0.1) is 0 Å². The van der Waals surface area contributed by atoms with Crippen LogP contribution in [0.2, 0.25) is 0 Å². The highest BCUT2D eigenvalue weighted by Crippen LogP contribution is 2.52. The van der Waals surface area contributed by atoms with E-state index in [0.29, 0.717) is 5.89 Å². The minimum atomic E-state index is -0.374. The van der Waals surface area contributed by atoms with Crippen molar-refractivity contribution in [3.8, 4) is 0 Å². The van der Waals surface area contributed by atoms with Gasteiger partial charge in [-0.1, -0.05) is 41.6 Å². The number of hydrogen-bond acceptors (Lipinski definition) is 8. The number of hydrogen-bond donors (Lipinski definition) is 2. The van der Waals surface area contributed by atoms with Crippen LogP contribution in [-0.2, 0) is 6.54 Å². The minimum absolute atomic E-state index is 0.0711. The Bertz CT molecular complexity index is 1060. The smallest absolute Gasteiger partial charge is 0.280 e. The van der Waals surface area contributed by atoms with Crippen LogP contribution in [0, 0.1) is 11.8 Å². The molecule has 0 saturated heterocycles. The molecule has 5 rings (SSSR count). The van der Waals surface area contributed by atoms with E-state index in [2.05, 4.69) is 51.5 Å². The maximum Gasteiger partial charge on any atom is 0.280 e. The lowest BCUT2D eigenvalue weighted by Gasteiger charge is -2.14. The first-order valence-electron chi connectivity index (χ1n) is 9.38. The monoisotopic (exact) mass is 393 g/mol. The SMILES string of the molecule is C1=C(c2ccccc2)C[C@H]2C[C@@H]12.CN(N)c1c(N)ncn(Cc2ncno2)c1=O. The van der Waals surface area contributed by atoms with Crippen molar-refractivity contribution < 1.29 is 4.52 Å². The van der Waals surface area contributed by atoms with Crippen LogP contribution in [0.1, 0.15) is 24.3 Å². The zero-order valence-electron chi connectivity index (χ0n) is 16.1. The van der Waals surface area contributed by atoms with Gasteiger partial charge in [0.25, 0.3) is 5.56 Å². The molecule has 0 amide bonds. The average Bonchev–Trinajstić information content (AvgIpc) is 3.09. The fraction of sp³-hybridized carbons (Fsp3) is 0.300. The van der Waals surface area contributed by atoms with Crippen molar-refractivity contribution in [3.05, 3.63) is 70.9 Å². The highest BCUT2D eigenvalue weighted by Gasteiger charge is 2.40. The van der Waals surface area contributed by atoms with Crippen molar-refractivity contribution in [2.75, 3.05) is 17.8 Å². The van der Waals surface area contributed by atoms with Crippen molar-refractivity contribution in [2.45, 2.75) is 19.4 Å². The quantitative estimate of drug-likeness (QED) is 0.506. The van der Waals surface area contributed by atoms with Gasteiger partial charge >= 0.3 is 0 Å². The Balaban J connectivity index is 0.000000149. The average molecular weight is 393 g/mol. The van der Waals surface area contributed by atoms with Gasteiger partial charge in [0, 0.05) is 7.05 Å². The van der Waals surface area contributed by atoms with E-state index in [0.717, 1.165) is 16.8 Å². The topological polar surface area (TPSA) is 129 Å². The summed E-state index contributed by atoms with van der Waals surface area (Å²) in [6, 6.07) is 10.8. The van der Waals surface area contributed by atoms with Crippen LogP contribution in [0.5, 0.6) is 0 Å². The Hall–Kier alpha value is -3.46. The van der Waals surface area contributed by atoms with E-state index in [1.807, 2.05) is 0 Å². The number of nitrogens with two attached hydrogens (primary N) is 2. The number of nitrogen functional groups attached to an aromatic ring is 1. The fourth-order valence-corrected chi connectivity index (χ4v) is 3.53. The van der Waals surface area contributed by atoms with E-state index in [-0.39, 0.29) is 23.6 Å². The zero-order chi connectivity index (χ0) is 20.4. The van der Waals surface area contributed by atoms with Crippen LogP contribution in [0.3, 0.4) is 0 Å². The minimum Gasteiger partial charge on any atom is -0.382 e. The van der Waals surface area contributed by atoms with Crippen LogP contribution < -0.4 is 22.1 Å². The van der Waals surface area contributed by atoms with Gasteiger partial charge in [-0.3, -0.25) is 9.36 Å². The molecule has 4 N–H and O–H groups in total. The number of hydrazine groups is 1. The summed E-state index contributed by atoms with van der Waals surface area (Å²) < 4.78 is 6.08. The summed E-state index contributed by atoms with van der Waals surface area (Å²) in [6.07, 6.45) is 7.81. The van der Waals surface area contributed by atoms with Gasteiger partial charge in [-0.05, 0) is 35.8 Å². The lowest BCUT2D eigenvalue weighted by atomic mass is 10.0. The molecule has 9 nitrogen and oxygen atoms in total. The maximum atomic E-state index is 12.0. The molecule has 150 valence electrons. The summed E-state index contributed by atoms with van der Waals surface area (Å²) in [5.41, 5.74) is 8.33. The number of fused-ring (bicyclic) bond motifs is 1. The van der Waals surface area contributed by atoms with E-state index in [1.165, 1.54) is 42.7 Å². The molecule has 0 bridgehead atoms. The summed E-state index contributed by atoms with van der Waals surface area (Å²) in [7, 11) is 1.51. The number of benzene rings is 1. The van der Waals surface area contributed by atoms with Crippen molar-refractivity contribution in [3.63, 3.8) is 0 Å². The molecule has 0 radical (unpaired) electrons. The second-order valence-corrected chi connectivity index (χ2v) is 7.28. The molecule has 2 aromatic heterocycles. The molecule has 2 aliphatic carbocycles. The van der Waals surface area contributed by atoms with E-state index < -0.39 is 0 Å². The molecule has 0 spiro atoms. The molecule has 1 aromatic carbocycles. The number of aromatic nitrogens is 4. The van der Waals surface area contributed by atoms with Gasteiger partial charge < -0.3 is 15.3 Å². The van der Waals surface area contributed by atoms with Gasteiger partial charge in [0.05, 0.1) is 0 Å². The third-order valence-corrected chi connectivity index (χ3v) is 5.13. The molecule has 0 aliphatic heterocycles. The number of nitrogens with zero attached hydrogens (tertiary/aromatic N) is 5. The van der Waals surface area contributed by atoms with Gasteiger partial charge in [0.15, 0.2) is 17.8 Å². The van der Waals surface area contributed by atoms with Gasteiger partial charge in [0.1, 0.15) is 12.9 Å². The molecule has 2 heterocycles. The van der Waals surface area contributed by atoms with E-state index in [4.69, 9.17) is 16.1 Å². The van der Waals surface area contributed by atoms with E-state index >= 15 is 0 Å². The number of anilines is 2. The van der Waals surface area contributed by atoms with Crippen LogP contribution in [0.4, 0.5) is 11.5 Å². The summed E-state index contributed by atoms with van der Waals surface area (Å²) in [4.78, 5) is 19.7. The Morgan fingerprint density at radius 1 is 1.28 bits per heavy atom. The molecule has 9 heteroatoms. The Morgan fingerprint density at radius 3 is 2.69 bits per heavy atom. The van der Waals surface area contributed by atoms with Crippen molar-refractivity contribution in [1.29, 1.82) is 0 Å². The lowest BCUT2D eigenvalue weighted by molar-refractivity contribution is 0.368. The van der Waals surface area contributed by atoms with Crippen molar-refractivity contribution in [2.24, 2.45) is 17.7 Å². The highest BCUT2D eigenvalue weighted by molar-refractivity contribution is 5.69. The molecule has 2 aliphatic rings. The normalized spacial score (nSPS) is 19.0. The predicted octanol–water partition coefficient (Wildman–Crippen LogP) is 1.68. The maximum absolute atomic E-state index is 12.0. The zero-order valence-corrected chi connectivity index (χ0v) is 16.1. The van der Waals surface area contributed by atoms with E-state index in [9.17, 15) is 4.79 Å². The van der Waals surface area contributed by atoms with Crippen LogP contribution in [-0.4, -0.2) is 26.7 Å². The fourth-order valence-electron chi connectivity index (χ4n) is 3.53. The molecular formula is C20H23N7O2. The second kappa shape index (κ2) is 7.88. The first-order valence-corrected chi connectivity index (χ1v) is 9.38. The van der Waals surface area contributed by atoms with Gasteiger partial charge in [-0.25, -0.2) is 10.8 Å². The summed E-state index contributed by atoms with van der Waals surface area (Å²) in [5, 5.41) is 4.56. The molecular weight excluding hydrogens is 370 g/mol. The number of rotatable bonds is 4. The lowest BCUT2D eigenvalue weighted by Crippen LogP contribution is -2.35. The first-order chi connectivity index (χ1) is 14.0. The summed E-state index contributed by atoms with van der Waals surface area (Å²) >= 11 is 0. The Labute approximate surface area is 167 Å². The summed E-state index contributed by atoms with van der Waals surface area (Å²) in [6.45, 7) is 0.118. The molecule has 1 saturated carbocycles. The second-order valence-electron chi connectivity index (χ2n) is 7.28. The molecule has 29 heavy (non-hydrogen) atoms. The standard InChI is InChI=1S/C12H12.C8H11N7O2/c1-2-4-9(5-3-1)10-6-11-8-12(11)7-10;1-14(10)6-7(9)12-4-15(8(6)16)2-5-11-3-13-17-5/h1-6,11-12H,7-8H2;3-4H,2,9-10H2,1H3/t11-,12+;/m1./s1. The van der Waals surface area contributed by atoms with Crippen LogP contribution >= 0.6 is 0 Å². The van der Waals surface area contributed by atoms with E-state index in [1.54, 1.807) is 5.57 Å².